The van der Waals surface area contributed by atoms with Crippen LogP contribution in [0, 0.1) is 5.82 Å². The highest BCUT2D eigenvalue weighted by Crippen LogP contribution is 2.06. The van der Waals surface area contributed by atoms with Gasteiger partial charge in [0.15, 0.2) is 0 Å². The van der Waals surface area contributed by atoms with Gasteiger partial charge in [-0.25, -0.2) is 17.5 Å². The Morgan fingerprint density at radius 2 is 1.94 bits per heavy atom. The minimum Gasteiger partial charge on any atom is -0.320 e. The van der Waals surface area contributed by atoms with Crippen LogP contribution in [-0.2, 0) is 16.4 Å². The highest BCUT2D eigenvalue weighted by molar-refractivity contribution is 7.89. The fourth-order valence-corrected chi connectivity index (χ4v) is 2.64. The van der Waals surface area contributed by atoms with Crippen LogP contribution in [0.2, 0.25) is 0 Å². The summed E-state index contributed by atoms with van der Waals surface area (Å²) in [6.07, 6.45) is 0.920. The molecule has 0 unspecified atom stereocenters. The first-order valence-corrected chi connectivity index (χ1v) is 7.56. The second-order valence-corrected chi connectivity index (χ2v) is 5.94. The van der Waals surface area contributed by atoms with E-state index in [1.807, 2.05) is 0 Å². The van der Waals surface area contributed by atoms with Gasteiger partial charge in [0.25, 0.3) is 0 Å². The van der Waals surface area contributed by atoms with E-state index in [0.717, 1.165) is 0 Å². The summed E-state index contributed by atoms with van der Waals surface area (Å²) >= 11 is 0. The normalized spacial score (nSPS) is 11.7. The number of halogens is 1. The Morgan fingerprint density at radius 1 is 1.22 bits per heavy atom. The zero-order chi connectivity index (χ0) is 13.4. The van der Waals surface area contributed by atoms with Crippen molar-refractivity contribution in [3.63, 3.8) is 0 Å². The molecule has 4 nitrogen and oxygen atoms in total. The molecule has 0 bridgehead atoms. The average molecular weight is 274 g/mol. The summed E-state index contributed by atoms with van der Waals surface area (Å²) in [5.74, 6) is -0.211. The van der Waals surface area contributed by atoms with Gasteiger partial charge in [0.1, 0.15) is 5.82 Å². The van der Waals surface area contributed by atoms with E-state index in [0.29, 0.717) is 24.9 Å². The quantitative estimate of drug-likeness (QED) is 0.692. The van der Waals surface area contributed by atoms with E-state index in [2.05, 4.69) is 10.0 Å². The molecular formula is C12H19FN2O2S. The zero-order valence-electron chi connectivity index (χ0n) is 10.4. The fraction of sp³-hybridized carbons (Fsp3) is 0.500. The number of benzene rings is 1. The average Bonchev–Trinajstić information content (AvgIpc) is 2.32. The number of hydrogen-bond acceptors (Lipinski definition) is 3. The summed E-state index contributed by atoms with van der Waals surface area (Å²) < 4.78 is 38.8. The molecule has 0 aliphatic rings. The van der Waals surface area contributed by atoms with Crippen molar-refractivity contribution in [2.24, 2.45) is 0 Å². The Morgan fingerprint density at radius 3 is 2.61 bits per heavy atom. The molecule has 0 aliphatic heterocycles. The Kier molecular flexibility index (Phi) is 6.24. The van der Waals surface area contributed by atoms with Crippen molar-refractivity contribution >= 4 is 10.0 Å². The zero-order valence-corrected chi connectivity index (χ0v) is 11.3. The predicted molar refractivity (Wildman–Crippen MR) is 70.4 cm³/mol. The van der Waals surface area contributed by atoms with Crippen LogP contribution in [0.25, 0.3) is 0 Å². The van der Waals surface area contributed by atoms with E-state index in [9.17, 15) is 12.8 Å². The third-order valence-electron chi connectivity index (χ3n) is 2.51. The molecule has 1 aromatic carbocycles. The van der Waals surface area contributed by atoms with Crippen LogP contribution in [-0.4, -0.2) is 34.3 Å². The lowest BCUT2D eigenvalue weighted by Gasteiger charge is -2.07. The van der Waals surface area contributed by atoms with E-state index < -0.39 is 10.0 Å². The van der Waals surface area contributed by atoms with Gasteiger partial charge in [-0.05, 0) is 38.1 Å². The smallest absolute Gasteiger partial charge is 0.211 e. The van der Waals surface area contributed by atoms with Gasteiger partial charge in [0.05, 0.1) is 5.75 Å². The second kappa shape index (κ2) is 7.45. The fourth-order valence-electron chi connectivity index (χ4n) is 1.55. The number of nitrogens with one attached hydrogen (secondary N) is 2. The molecule has 1 rings (SSSR count). The molecule has 0 amide bonds. The SMILES string of the molecule is CNCCCS(=O)(=O)NCCc1ccccc1F. The number of rotatable bonds is 8. The lowest BCUT2D eigenvalue weighted by Crippen LogP contribution is -2.29. The van der Waals surface area contributed by atoms with Crippen LogP contribution in [0.1, 0.15) is 12.0 Å². The van der Waals surface area contributed by atoms with Crippen molar-refractivity contribution in [1.82, 2.24) is 10.0 Å². The molecule has 18 heavy (non-hydrogen) atoms. The standard InChI is InChI=1S/C12H19FN2O2S/c1-14-8-4-10-18(16,17)15-9-7-11-5-2-3-6-12(11)13/h2-3,5-6,14-15H,4,7-10H2,1H3. The van der Waals surface area contributed by atoms with Crippen LogP contribution in [0.3, 0.4) is 0 Å². The van der Waals surface area contributed by atoms with Crippen molar-refractivity contribution < 1.29 is 12.8 Å². The molecule has 0 saturated carbocycles. The maximum absolute atomic E-state index is 13.3. The Balaban J connectivity index is 2.35. The van der Waals surface area contributed by atoms with E-state index in [1.54, 1.807) is 25.2 Å². The molecule has 0 radical (unpaired) electrons. The summed E-state index contributed by atoms with van der Waals surface area (Å²) in [6, 6.07) is 6.38. The third-order valence-corrected chi connectivity index (χ3v) is 3.98. The van der Waals surface area contributed by atoms with Crippen molar-refractivity contribution in [2.45, 2.75) is 12.8 Å². The van der Waals surface area contributed by atoms with E-state index in [-0.39, 0.29) is 18.1 Å². The van der Waals surface area contributed by atoms with Gasteiger partial charge < -0.3 is 5.32 Å². The molecule has 0 heterocycles. The van der Waals surface area contributed by atoms with Crippen LogP contribution in [0.4, 0.5) is 4.39 Å². The molecule has 0 spiro atoms. The maximum atomic E-state index is 13.3. The first-order valence-electron chi connectivity index (χ1n) is 5.90. The van der Waals surface area contributed by atoms with Crippen LogP contribution >= 0.6 is 0 Å². The lowest BCUT2D eigenvalue weighted by molar-refractivity contribution is 0.574. The molecule has 6 heteroatoms. The molecule has 0 aromatic heterocycles. The largest absolute Gasteiger partial charge is 0.320 e. The number of sulfonamides is 1. The molecule has 0 saturated heterocycles. The molecule has 0 fully saturated rings. The molecule has 102 valence electrons. The van der Waals surface area contributed by atoms with Gasteiger partial charge >= 0.3 is 0 Å². The van der Waals surface area contributed by atoms with Crippen molar-refractivity contribution in [3.05, 3.63) is 35.6 Å². The van der Waals surface area contributed by atoms with Crippen molar-refractivity contribution in [3.8, 4) is 0 Å². The van der Waals surface area contributed by atoms with E-state index in [4.69, 9.17) is 0 Å². The van der Waals surface area contributed by atoms with Gasteiger partial charge in [-0.1, -0.05) is 18.2 Å². The maximum Gasteiger partial charge on any atom is 0.211 e. The van der Waals surface area contributed by atoms with Gasteiger partial charge in [0, 0.05) is 6.54 Å². The molecule has 0 aliphatic carbocycles. The summed E-state index contributed by atoms with van der Waals surface area (Å²) in [7, 11) is -1.47. The summed E-state index contributed by atoms with van der Waals surface area (Å²) in [5, 5.41) is 2.89. The highest BCUT2D eigenvalue weighted by Gasteiger charge is 2.09. The summed E-state index contributed by atoms with van der Waals surface area (Å²) in [4.78, 5) is 0. The summed E-state index contributed by atoms with van der Waals surface area (Å²) in [5.41, 5.74) is 0.524. The Hall–Kier alpha value is -0.980. The topological polar surface area (TPSA) is 58.2 Å². The molecule has 2 N–H and O–H groups in total. The van der Waals surface area contributed by atoms with Crippen molar-refractivity contribution in [2.75, 3.05) is 25.9 Å². The number of hydrogen-bond donors (Lipinski definition) is 2. The second-order valence-electron chi connectivity index (χ2n) is 4.01. The first-order chi connectivity index (χ1) is 8.55. The van der Waals surface area contributed by atoms with Gasteiger partial charge in [-0.15, -0.1) is 0 Å². The van der Waals surface area contributed by atoms with Crippen molar-refractivity contribution in [1.29, 1.82) is 0 Å². The van der Waals surface area contributed by atoms with Crippen LogP contribution in [0.5, 0.6) is 0 Å². The highest BCUT2D eigenvalue weighted by atomic mass is 32.2. The Labute approximate surface area is 108 Å². The minimum absolute atomic E-state index is 0.0884. The molecule has 0 atom stereocenters. The van der Waals surface area contributed by atoms with Crippen LogP contribution < -0.4 is 10.0 Å². The molecule has 1 aromatic rings. The van der Waals surface area contributed by atoms with Gasteiger partial charge in [-0.2, -0.15) is 0 Å². The Bertz CT molecular complexity index is 463. The van der Waals surface area contributed by atoms with Gasteiger partial charge in [-0.3, -0.25) is 0 Å². The van der Waals surface area contributed by atoms with Crippen LogP contribution in [0.15, 0.2) is 24.3 Å². The third kappa shape index (κ3) is 5.57. The summed E-state index contributed by atoms with van der Waals surface area (Å²) in [6.45, 7) is 0.886. The monoisotopic (exact) mass is 274 g/mol. The first kappa shape index (κ1) is 15.1. The predicted octanol–water partition coefficient (Wildman–Crippen LogP) is 0.897. The van der Waals surface area contributed by atoms with Gasteiger partial charge in [0.2, 0.25) is 10.0 Å². The minimum atomic E-state index is -3.25. The lowest BCUT2D eigenvalue weighted by atomic mass is 10.1. The van der Waals surface area contributed by atoms with E-state index in [1.165, 1.54) is 6.07 Å². The van der Waals surface area contributed by atoms with E-state index >= 15 is 0 Å². The molecular weight excluding hydrogens is 255 g/mol.